The van der Waals surface area contributed by atoms with Crippen LogP contribution in [0.3, 0.4) is 0 Å². The second-order valence-electron chi connectivity index (χ2n) is 2.09. The fraction of sp³-hybridized carbons (Fsp3) is 0.714. The highest BCUT2D eigenvalue weighted by Gasteiger charge is 1.99. The summed E-state index contributed by atoms with van der Waals surface area (Å²) in [4.78, 5) is 9.20. The molecule has 0 aromatic carbocycles. The average Bonchev–Trinajstić information content (AvgIpc) is 1.85. The molecule has 53 valence electrons. The van der Waals surface area contributed by atoms with Crippen LogP contribution in [-0.4, -0.2) is 13.8 Å². The quantitative estimate of drug-likeness (QED) is 0.596. The van der Waals surface area contributed by atoms with E-state index in [0.29, 0.717) is 0 Å². The van der Waals surface area contributed by atoms with Gasteiger partial charge in [0.15, 0.2) is 0 Å². The molecule has 1 nitrogen and oxygen atoms in total. The maximum absolute atomic E-state index is 9.20. The number of hydrogen-bond acceptors (Lipinski definition) is 1. The molecule has 0 aliphatic carbocycles. The molecule has 0 rings (SSSR count). The highest BCUT2D eigenvalue weighted by Crippen LogP contribution is 1.98. The minimum Gasteiger partial charge on any atom is -0.428 e. The van der Waals surface area contributed by atoms with Gasteiger partial charge in [0.2, 0.25) is 9.04 Å². The summed E-state index contributed by atoms with van der Waals surface area (Å²) >= 11 is 0. The Kier molecular flexibility index (Phi) is 5.99. The standard InChI is InChI=1S/C7H15OSi/c1-3-5-7-9(8)6-4-2/h4,6,8H,3,5,7H2,1-2H3. The van der Waals surface area contributed by atoms with Crippen molar-refractivity contribution in [2.24, 2.45) is 0 Å². The molecule has 0 saturated carbocycles. The van der Waals surface area contributed by atoms with Gasteiger partial charge in [0, 0.05) is 0 Å². The molecular formula is C7H15OSi. The lowest BCUT2D eigenvalue weighted by Gasteiger charge is -1.97. The van der Waals surface area contributed by atoms with E-state index in [1.54, 1.807) is 0 Å². The van der Waals surface area contributed by atoms with Crippen molar-refractivity contribution in [3.05, 3.63) is 11.8 Å². The van der Waals surface area contributed by atoms with Gasteiger partial charge in [-0.25, -0.2) is 0 Å². The maximum atomic E-state index is 9.20. The van der Waals surface area contributed by atoms with Gasteiger partial charge >= 0.3 is 0 Å². The molecule has 1 radical (unpaired) electrons. The molecule has 0 fully saturated rings. The van der Waals surface area contributed by atoms with E-state index in [9.17, 15) is 4.80 Å². The third-order valence-electron chi connectivity index (χ3n) is 1.15. The second kappa shape index (κ2) is 6.04. The molecule has 0 bridgehead atoms. The summed E-state index contributed by atoms with van der Waals surface area (Å²) in [6.45, 7) is 4.09. The lowest BCUT2D eigenvalue weighted by atomic mass is 10.4. The van der Waals surface area contributed by atoms with Crippen LogP contribution < -0.4 is 0 Å². The molecule has 0 spiro atoms. The van der Waals surface area contributed by atoms with Crippen molar-refractivity contribution in [1.82, 2.24) is 0 Å². The van der Waals surface area contributed by atoms with Crippen molar-refractivity contribution in [2.75, 3.05) is 0 Å². The van der Waals surface area contributed by atoms with Gasteiger partial charge in [-0.15, -0.1) is 0 Å². The van der Waals surface area contributed by atoms with Crippen LogP contribution in [0.4, 0.5) is 0 Å². The molecule has 0 aliphatic rings. The van der Waals surface area contributed by atoms with Gasteiger partial charge in [0.25, 0.3) is 0 Å². The Hall–Kier alpha value is -0.0831. The molecule has 2 heteroatoms. The fourth-order valence-electron chi connectivity index (χ4n) is 0.634. The van der Waals surface area contributed by atoms with Crippen LogP contribution in [0.15, 0.2) is 11.8 Å². The smallest absolute Gasteiger partial charge is 0.234 e. The third kappa shape index (κ3) is 5.79. The summed E-state index contributed by atoms with van der Waals surface area (Å²) in [7, 11) is -1.08. The number of unbranched alkanes of at least 4 members (excludes halogenated alkanes) is 1. The summed E-state index contributed by atoms with van der Waals surface area (Å²) < 4.78 is 0. The molecule has 0 aromatic rings. The van der Waals surface area contributed by atoms with Crippen LogP contribution in [0.5, 0.6) is 0 Å². The Bertz CT molecular complexity index is 81.0. The van der Waals surface area contributed by atoms with E-state index in [2.05, 4.69) is 6.92 Å². The van der Waals surface area contributed by atoms with Gasteiger partial charge < -0.3 is 4.80 Å². The highest BCUT2D eigenvalue weighted by molar-refractivity contribution is 6.56. The highest BCUT2D eigenvalue weighted by atomic mass is 28.3. The van der Waals surface area contributed by atoms with E-state index in [0.717, 1.165) is 12.5 Å². The van der Waals surface area contributed by atoms with Crippen LogP contribution in [0.1, 0.15) is 26.7 Å². The molecule has 9 heavy (non-hydrogen) atoms. The van der Waals surface area contributed by atoms with E-state index < -0.39 is 9.04 Å². The number of hydrogen-bond donors (Lipinski definition) is 1. The summed E-state index contributed by atoms with van der Waals surface area (Å²) in [5.74, 6) is 0. The first kappa shape index (κ1) is 8.92. The Morgan fingerprint density at radius 3 is 2.67 bits per heavy atom. The molecule has 1 N–H and O–H groups in total. The van der Waals surface area contributed by atoms with E-state index in [4.69, 9.17) is 0 Å². The molecule has 0 saturated heterocycles. The van der Waals surface area contributed by atoms with Crippen LogP contribution in [0, 0.1) is 0 Å². The van der Waals surface area contributed by atoms with Gasteiger partial charge in [-0.3, -0.25) is 0 Å². The van der Waals surface area contributed by atoms with Crippen molar-refractivity contribution in [3.63, 3.8) is 0 Å². The van der Waals surface area contributed by atoms with E-state index in [1.165, 1.54) is 6.42 Å². The number of rotatable bonds is 4. The van der Waals surface area contributed by atoms with Crippen LogP contribution in [0.2, 0.25) is 6.04 Å². The fourth-order valence-corrected chi connectivity index (χ4v) is 1.90. The molecule has 0 aliphatic heterocycles. The SMILES string of the molecule is CC=C[Si](O)CCCC. The van der Waals surface area contributed by atoms with Gasteiger partial charge in [0.05, 0.1) is 0 Å². The van der Waals surface area contributed by atoms with Gasteiger partial charge in [-0.2, -0.15) is 0 Å². The minimum absolute atomic E-state index is 1.01. The average molecular weight is 143 g/mol. The molecule has 0 unspecified atom stereocenters. The van der Waals surface area contributed by atoms with Crippen molar-refractivity contribution < 1.29 is 4.80 Å². The Balaban J connectivity index is 3.15. The monoisotopic (exact) mass is 143 g/mol. The lowest BCUT2D eigenvalue weighted by Crippen LogP contribution is -2.06. The molecule has 0 heterocycles. The third-order valence-corrected chi connectivity index (χ3v) is 2.73. The van der Waals surface area contributed by atoms with Gasteiger partial charge in [-0.1, -0.05) is 31.5 Å². The largest absolute Gasteiger partial charge is 0.428 e. The normalized spacial score (nSPS) is 11.6. The van der Waals surface area contributed by atoms with Crippen LogP contribution >= 0.6 is 0 Å². The van der Waals surface area contributed by atoms with Crippen LogP contribution in [0.25, 0.3) is 0 Å². The summed E-state index contributed by atoms with van der Waals surface area (Å²) in [6.07, 6.45) is 4.28. The van der Waals surface area contributed by atoms with Crippen molar-refractivity contribution in [2.45, 2.75) is 32.7 Å². The van der Waals surface area contributed by atoms with Crippen molar-refractivity contribution >= 4 is 9.04 Å². The summed E-state index contributed by atoms with van der Waals surface area (Å²) in [5.41, 5.74) is 1.93. The first-order valence-corrected chi connectivity index (χ1v) is 5.22. The lowest BCUT2D eigenvalue weighted by molar-refractivity contribution is 0.577. The van der Waals surface area contributed by atoms with Crippen molar-refractivity contribution in [3.8, 4) is 0 Å². The van der Waals surface area contributed by atoms with E-state index >= 15 is 0 Å². The Morgan fingerprint density at radius 2 is 2.22 bits per heavy atom. The Labute approximate surface area is 59.1 Å². The topological polar surface area (TPSA) is 20.2 Å². The zero-order valence-electron chi connectivity index (χ0n) is 6.22. The van der Waals surface area contributed by atoms with E-state index in [1.807, 2.05) is 18.7 Å². The zero-order valence-corrected chi connectivity index (χ0v) is 7.22. The predicted molar refractivity (Wildman–Crippen MR) is 42.5 cm³/mol. The molecule has 0 aromatic heterocycles. The first-order chi connectivity index (χ1) is 4.31. The van der Waals surface area contributed by atoms with Gasteiger partial charge in [0.1, 0.15) is 0 Å². The summed E-state index contributed by atoms with van der Waals surface area (Å²) in [6, 6.07) is 1.01. The summed E-state index contributed by atoms with van der Waals surface area (Å²) in [5, 5.41) is 0. The van der Waals surface area contributed by atoms with Crippen molar-refractivity contribution in [1.29, 1.82) is 0 Å². The Morgan fingerprint density at radius 1 is 1.56 bits per heavy atom. The van der Waals surface area contributed by atoms with Gasteiger partial charge in [-0.05, 0) is 13.0 Å². The first-order valence-electron chi connectivity index (χ1n) is 3.48. The maximum Gasteiger partial charge on any atom is 0.234 e. The zero-order chi connectivity index (χ0) is 7.11. The van der Waals surface area contributed by atoms with Crippen LogP contribution in [-0.2, 0) is 0 Å². The van der Waals surface area contributed by atoms with E-state index in [-0.39, 0.29) is 0 Å². The minimum atomic E-state index is -1.08. The molecule has 0 atom stereocenters. The predicted octanol–water partition coefficient (Wildman–Crippen LogP) is 1.89. The second-order valence-corrected chi connectivity index (χ2v) is 3.91. The molecule has 0 amide bonds. The molecular weight excluding hydrogens is 128 g/mol. The number of allylic oxidation sites excluding steroid dienone is 1.